The minimum atomic E-state index is -0.742. The van der Waals surface area contributed by atoms with Gasteiger partial charge < -0.3 is 10.5 Å². The molecule has 1 aromatic carbocycles. The van der Waals surface area contributed by atoms with Gasteiger partial charge in [-0.15, -0.1) is 0 Å². The third-order valence-electron chi connectivity index (χ3n) is 4.82. The molecule has 7 nitrogen and oxygen atoms in total. The molecule has 0 radical (unpaired) electrons. The molecular formula is C19H19N3O4. The van der Waals surface area contributed by atoms with Crippen LogP contribution >= 0.6 is 0 Å². The summed E-state index contributed by atoms with van der Waals surface area (Å²) < 4.78 is 0.499. The maximum absolute atomic E-state index is 12.4. The molecule has 1 atom stereocenters. The SMILES string of the molecule is CC[C@]1(c2ccc(NC(=O)c3cccc[n+]3[O-])cc2)CCC(=O)NC1=O. The van der Waals surface area contributed by atoms with Gasteiger partial charge in [0.05, 0.1) is 5.41 Å². The molecule has 1 saturated heterocycles. The smallest absolute Gasteiger partial charge is 0.321 e. The summed E-state index contributed by atoms with van der Waals surface area (Å²) in [6, 6.07) is 11.5. The van der Waals surface area contributed by atoms with Gasteiger partial charge in [-0.1, -0.05) is 19.1 Å². The number of carbonyl (C=O) groups excluding carboxylic acids is 3. The summed E-state index contributed by atoms with van der Waals surface area (Å²) in [7, 11) is 0. The van der Waals surface area contributed by atoms with Gasteiger partial charge in [0.25, 0.3) is 5.69 Å². The average Bonchev–Trinajstić information content (AvgIpc) is 2.63. The van der Waals surface area contributed by atoms with Crippen molar-refractivity contribution in [1.29, 1.82) is 0 Å². The van der Waals surface area contributed by atoms with Crippen LogP contribution in [0, 0.1) is 5.21 Å². The summed E-state index contributed by atoms with van der Waals surface area (Å²) in [6.07, 6.45) is 2.58. The largest absolute Gasteiger partial charge is 0.618 e. The molecule has 0 unspecified atom stereocenters. The quantitative estimate of drug-likeness (QED) is 0.496. The second-order valence-corrected chi connectivity index (χ2v) is 6.26. The van der Waals surface area contributed by atoms with Crippen LogP contribution in [0.5, 0.6) is 0 Å². The Morgan fingerprint density at radius 2 is 1.96 bits per heavy atom. The Balaban J connectivity index is 1.80. The molecule has 1 aliphatic heterocycles. The highest BCUT2D eigenvalue weighted by Gasteiger charge is 2.42. The Kier molecular flexibility index (Phi) is 4.71. The molecule has 1 fully saturated rings. The minimum Gasteiger partial charge on any atom is -0.618 e. The lowest BCUT2D eigenvalue weighted by molar-refractivity contribution is -0.607. The van der Waals surface area contributed by atoms with Gasteiger partial charge in [0.1, 0.15) is 0 Å². The molecular weight excluding hydrogens is 334 g/mol. The number of benzene rings is 1. The van der Waals surface area contributed by atoms with E-state index in [1.54, 1.807) is 36.4 Å². The maximum atomic E-state index is 12.4. The zero-order valence-electron chi connectivity index (χ0n) is 14.3. The van der Waals surface area contributed by atoms with Crippen molar-refractivity contribution in [2.75, 3.05) is 5.32 Å². The lowest BCUT2D eigenvalue weighted by atomic mass is 9.72. The number of aromatic nitrogens is 1. The number of pyridine rings is 1. The van der Waals surface area contributed by atoms with Crippen LogP contribution in [0.4, 0.5) is 5.69 Å². The fourth-order valence-electron chi connectivity index (χ4n) is 3.24. The van der Waals surface area contributed by atoms with E-state index < -0.39 is 11.3 Å². The molecule has 0 saturated carbocycles. The summed E-state index contributed by atoms with van der Waals surface area (Å²) in [5.74, 6) is -1.05. The van der Waals surface area contributed by atoms with Crippen LogP contribution in [0.1, 0.15) is 42.2 Å². The van der Waals surface area contributed by atoms with Crippen molar-refractivity contribution >= 4 is 23.4 Å². The molecule has 7 heteroatoms. The van der Waals surface area contributed by atoms with Crippen molar-refractivity contribution in [3.8, 4) is 0 Å². The van der Waals surface area contributed by atoms with E-state index in [0.717, 1.165) is 5.56 Å². The van der Waals surface area contributed by atoms with E-state index in [1.807, 2.05) is 6.92 Å². The topological polar surface area (TPSA) is 102 Å². The van der Waals surface area contributed by atoms with E-state index in [1.165, 1.54) is 12.3 Å². The number of amides is 3. The third-order valence-corrected chi connectivity index (χ3v) is 4.82. The van der Waals surface area contributed by atoms with E-state index in [0.29, 0.717) is 29.7 Å². The van der Waals surface area contributed by atoms with Crippen LogP contribution in [0.2, 0.25) is 0 Å². The van der Waals surface area contributed by atoms with E-state index in [9.17, 15) is 19.6 Å². The Hall–Kier alpha value is -3.22. The van der Waals surface area contributed by atoms with Gasteiger partial charge in [0.2, 0.25) is 11.8 Å². The number of nitrogens with zero attached hydrogens (tertiary/aromatic N) is 1. The van der Waals surface area contributed by atoms with Crippen molar-refractivity contribution in [2.45, 2.75) is 31.6 Å². The fraction of sp³-hybridized carbons (Fsp3) is 0.263. The molecule has 2 N–H and O–H groups in total. The first-order valence-electron chi connectivity index (χ1n) is 8.40. The lowest BCUT2D eigenvalue weighted by Gasteiger charge is -2.35. The third kappa shape index (κ3) is 3.15. The van der Waals surface area contributed by atoms with Gasteiger partial charge >= 0.3 is 5.91 Å². The lowest BCUT2D eigenvalue weighted by Crippen LogP contribution is -2.51. The number of hydrogen-bond donors (Lipinski definition) is 2. The highest BCUT2D eigenvalue weighted by molar-refractivity contribution is 6.04. The summed E-state index contributed by atoms with van der Waals surface area (Å²) in [4.78, 5) is 36.0. The molecule has 2 heterocycles. The van der Waals surface area contributed by atoms with Crippen molar-refractivity contribution in [2.24, 2.45) is 0 Å². The van der Waals surface area contributed by atoms with Crippen molar-refractivity contribution in [1.82, 2.24) is 5.32 Å². The zero-order chi connectivity index (χ0) is 18.7. The minimum absolute atomic E-state index is 0.00762. The van der Waals surface area contributed by atoms with Crippen LogP contribution in [0.15, 0.2) is 48.7 Å². The van der Waals surface area contributed by atoms with Crippen LogP contribution in [0.25, 0.3) is 0 Å². The molecule has 26 heavy (non-hydrogen) atoms. The second kappa shape index (κ2) is 6.95. The standard InChI is InChI=1S/C19H19N3O4/c1-2-19(11-10-16(23)21-18(19)25)13-6-8-14(9-7-13)20-17(24)15-5-3-4-12-22(15)26/h3-9,12H,2,10-11H2,1H3,(H,20,24)(H,21,23,25)/t19-/m1/s1. The summed E-state index contributed by atoms with van der Waals surface area (Å²) >= 11 is 0. The number of rotatable bonds is 4. The number of imide groups is 1. The molecule has 0 spiro atoms. The summed E-state index contributed by atoms with van der Waals surface area (Å²) in [5.41, 5.74) is 0.558. The first-order chi connectivity index (χ1) is 12.5. The maximum Gasteiger partial charge on any atom is 0.321 e. The van der Waals surface area contributed by atoms with Crippen LogP contribution in [-0.4, -0.2) is 17.7 Å². The number of piperidine rings is 1. The molecule has 3 rings (SSSR count). The van der Waals surface area contributed by atoms with Crippen molar-refractivity contribution < 1.29 is 19.1 Å². The molecule has 0 bridgehead atoms. The average molecular weight is 353 g/mol. The van der Waals surface area contributed by atoms with Crippen molar-refractivity contribution in [3.63, 3.8) is 0 Å². The van der Waals surface area contributed by atoms with Gasteiger partial charge in [-0.3, -0.25) is 19.7 Å². The first-order valence-corrected chi connectivity index (χ1v) is 8.40. The summed E-state index contributed by atoms with van der Waals surface area (Å²) in [5, 5.41) is 16.7. The molecule has 134 valence electrons. The molecule has 1 aliphatic rings. The Labute approximate surface area is 150 Å². The Morgan fingerprint density at radius 1 is 1.23 bits per heavy atom. The number of nitrogens with one attached hydrogen (secondary N) is 2. The Bertz CT molecular complexity index is 863. The van der Waals surface area contributed by atoms with Crippen LogP contribution in [-0.2, 0) is 15.0 Å². The van der Waals surface area contributed by atoms with Crippen molar-refractivity contribution in [3.05, 3.63) is 65.1 Å². The van der Waals surface area contributed by atoms with Gasteiger partial charge in [0, 0.05) is 24.2 Å². The first kappa shape index (κ1) is 17.6. The monoisotopic (exact) mass is 353 g/mol. The van der Waals surface area contributed by atoms with E-state index in [4.69, 9.17) is 0 Å². The van der Waals surface area contributed by atoms with Crippen LogP contribution in [0.3, 0.4) is 0 Å². The van der Waals surface area contributed by atoms with E-state index in [-0.39, 0.29) is 17.5 Å². The fourth-order valence-corrected chi connectivity index (χ4v) is 3.24. The zero-order valence-corrected chi connectivity index (χ0v) is 14.3. The molecule has 2 aromatic rings. The highest BCUT2D eigenvalue weighted by atomic mass is 16.5. The van der Waals surface area contributed by atoms with Crippen LogP contribution < -0.4 is 15.4 Å². The molecule has 3 amide bonds. The Morgan fingerprint density at radius 3 is 2.58 bits per heavy atom. The predicted octanol–water partition coefficient (Wildman–Crippen LogP) is 1.66. The summed E-state index contributed by atoms with van der Waals surface area (Å²) in [6.45, 7) is 1.91. The molecule has 0 aliphatic carbocycles. The van der Waals surface area contributed by atoms with E-state index in [2.05, 4.69) is 10.6 Å². The predicted molar refractivity (Wildman–Crippen MR) is 94.1 cm³/mol. The molecule has 1 aromatic heterocycles. The second-order valence-electron chi connectivity index (χ2n) is 6.26. The number of anilines is 1. The van der Waals surface area contributed by atoms with Gasteiger partial charge in [0.15, 0.2) is 6.20 Å². The van der Waals surface area contributed by atoms with Gasteiger partial charge in [-0.2, -0.15) is 4.73 Å². The number of hydrogen-bond acceptors (Lipinski definition) is 4. The number of carbonyl (C=O) groups is 3. The van der Waals surface area contributed by atoms with Gasteiger partial charge in [-0.05, 0) is 36.6 Å². The van der Waals surface area contributed by atoms with E-state index >= 15 is 0 Å². The highest BCUT2D eigenvalue weighted by Crippen LogP contribution is 2.36. The van der Waals surface area contributed by atoms with Gasteiger partial charge in [-0.25, -0.2) is 0 Å². The normalized spacial score (nSPS) is 19.7.